The zero-order valence-corrected chi connectivity index (χ0v) is 8.55. The van der Waals surface area contributed by atoms with Crippen molar-refractivity contribution in [1.82, 2.24) is 11.1 Å². The summed E-state index contributed by atoms with van der Waals surface area (Å²) >= 11 is 0. The molecule has 0 aliphatic carbocycles. The van der Waals surface area contributed by atoms with E-state index in [1.807, 2.05) is 0 Å². The van der Waals surface area contributed by atoms with Gasteiger partial charge in [-0.2, -0.15) is 0 Å². The molecule has 1 saturated heterocycles. The third kappa shape index (κ3) is 9.43. The Morgan fingerprint density at radius 1 is 1.17 bits per heavy atom. The van der Waals surface area contributed by atoms with Crippen LogP contribution in [0.5, 0.6) is 0 Å². The van der Waals surface area contributed by atoms with Gasteiger partial charge in [0.25, 0.3) is 0 Å². The summed E-state index contributed by atoms with van der Waals surface area (Å²) in [4.78, 5) is 11.7. The Hall–Kier alpha value is -0.570. The lowest BCUT2D eigenvalue weighted by molar-refractivity contribution is -0.117. The SMILES string of the molecule is CC(C)C.N.O=CN1CCCC1. The molecule has 0 aromatic rings. The maximum atomic E-state index is 9.93. The topological polar surface area (TPSA) is 55.3 Å². The highest BCUT2D eigenvalue weighted by Crippen LogP contribution is 2.02. The Kier molecular flexibility index (Phi) is 9.93. The summed E-state index contributed by atoms with van der Waals surface area (Å²) in [6, 6.07) is 0. The minimum atomic E-state index is 0. The molecule has 0 bridgehead atoms. The molecule has 0 spiro atoms. The molecule has 3 N–H and O–H groups in total. The number of amides is 1. The first-order chi connectivity index (χ1) is 5.16. The molecule has 1 rings (SSSR count). The molecular formula is C9H22N2O. The van der Waals surface area contributed by atoms with Crippen molar-refractivity contribution in [2.45, 2.75) is 33.6 Å². The summed E-state index contributed by atoms with van der Waals surface area (Å²) in [5.41, 5.74) is 0. The summed E-state index contributed by atoms with van der Waals surface area (Å²) in [6.45, 7) is 8.45. The lowest BCUT2D eigenvalue weighted by Gasteiger charge is -2.03. The van der Waals surface area contributed by atoms with E-state index in [0.29, 0.717) is 0 Å². The van der Waals surface area contributed by atoms with E-state index < -0.39 is 0 Å². The first-order valence-electron chi connectivity index (χ1n) is 4.36. The second-order valence-electron chi connectivity index (χ2n) is 3.58. The summed E-state index contributed by atoms with van der Waals surface area (Å²) in [5, 5.41) is 0. The van der Waals surface area contributed by atoms with Crippen LogP contribution in [0.2, 0.25) is 0 Å². The van der Waals surface area contributed by atoms with Crippen molar-refractivity contribution in [1.29, 1.82) is 0 Å². The molecule has 74 valence electrons. The molecule has 12 heavy (non-hydrogen) atoms. The van der Waals surface area contributed by atoms with Crippen LogP contribution in [-0.2, 0) is 4.79 Å². The van der Waals surface area contributed by atoms with Crippen LogP contribution >= 0.6 is 0 Å². The molecule has 0 aromatic carbocycles. The lowest BCUT2D eigenvalue weighted by atomic mass is 10.3. The van der Waals surface area contributed by atoms with Crippen LogP contribution in [0.15, 0.2) is 0 Å². The van der Waals surface area contributed by atoms with Crippen LogP contribution in [0.1, 0.15) is 33.6 Å². The zero-order valence-electron chi connectivity index (χ0n) is 8.55. The van der Waals surface area contributed by atoms with E-state index in [0.717, 1.165) is 25.4 Å². The van der Waals surface area contributed by atoms with Crippen LogP contribution in [-0.4, -0.2) is 24.4 Å². The quantitative estimate of drug-likeness (QED) is 0.619. The molecule has 0 atom stereocenters. The van der Waals surface area contributed by atoms with E-state index in [1.165, 1.54) is 12.8 Å². The molecule has 1 heterocycles. The summed E-state index contributed by atoms with van der Waals surface area (Å²) in [6.07, 6.45) is 3.31. The maximum Gasteiger partial charge on any atom is 0.209 e. The minimum Gasteiger partial charge on any atom is -0.345 e. The van der Waals surface area contributed by atoms with Gasteiger partial charge in [-0.1, -0.05) is 20.8 Å². The van der Waals surface area contributed by atoms with Crippen molar-refractivity contribution in [3.05, 3.63) is 0 Å². The van der Waals surface area contributed by atoms with Gasteiger partial charge in [0.2, 0.25) is 6.41 Å². The fraction of sp³-hybridized carbons (Fsp3) is 0.889. The number of carbonyl (C=O) groups excluding carboxylic acids is 1. The third-order valence-corrected chi connectivity index (χ3v) is 1.29. The predicted octanol–water partition coefficient (Wildman–Crippen LogP) is 2.06. The average molecular weight is 174 g/mol. The van der Waals surface area contributed by atoms with Crippen molar-refractivity contribution in [2.24, 2.45) is 5.92 Å². The van der Waals surface area contributed by atoms with E-state index in [1.54, 1.807) is 4.90 Å². The van der Waals surface area contributed by atoms with Gasteiger partial charge in [-0.25, -0.2) is 0 Å². The monoisotopic (exact) mass is 174 g/mol. The summed E-state index contributed by atoms with van der Waals surface area (Å²) in [7, 11) is 0. The number of rotatable bonds is 1. The number of hydrogen-bond donors (Lipinski definition) is 1. The number of nitrogens with zero attached hydrogens (tertiary/aromatic N) is 1. The molecule has 0 radical (unpaired) electrons. The fourth-order valence-corrected chi connectivity index (χ4v) is 0.847. The average Bonchev–Trinajstić information content (AvgIpc) is 2.36. The molecule has 0 saturated carbocycles. The molecule has 1 aliphatic rings. The Bertz CT molecular complexity index is 95.9. The van der Waals surface area contributed by atoms with Crippen LogP contribution in [0.25, 0.3) is 0 Å². The van der Waals surface area contributed by atoms with Gasteiger partial charge >= 0.3 is 0 Å². The molecule has 0 aromatic heterocycles. The number of likely N-dealkylation sites (tertiary alicyclic amines) is 1. The highest BCUT2D eigenvalue weighted by Gasteiger charge is 2.06. The second-order valence-corrected chi connectivity index (χ2v) is 3.58. The third-order valence-electron chi connectivity index (χ3n) is 1.29. The largest absolute Gasteiger partial charge is 0.345 e. The van der Waals surface area contributed by atoms with Gasteiger partial charge in [0.1, 0.15) is 0 Å². The van der Waals surface area contributed by atoms with Gasteiger partial charge in [0.05, 0.1) is 0 Å². The molecule has 0 unspecified atom stereocenters. The highest BCUT2D eigenvalue weighted by atomic mass is 16.1. The van der Waals surface area contributed by atoms with Gasteiger partial charge in [0.15, 0.2) is 0 Å². The van der Waals surface area contributed by atoms with Crippen molar-refractivity contribution < 1.29 is 4.79 Å². The lowest BCUT2D eigenvalue weighted by Crippen LogP contribution is -2.15. The van der Waals surface area contributed by atoms with E-state index in [2.05, 4.69) is 20.8 Å². The normalized spacial score (nSPS) is 14.8. The summed E-state index contributed by atoms with van der Waals surface area (Å²) in [5.74, 6) is 0.833. The Labute approximate surface area is 75.7 Å². The number of carbonyl (C=O) groups is 1. The van der Waals surface area contributed by atoms with Crippen molar-refractivity contribution in [2.75, 3.05) is 13.1 Å². The number of hydrogen-bond acceptors (Lipinski definition) is 2. The van der Waals surface area contributed by atoms with E-state index in [9.17, 15) is 4.79 Å². The molecular weight excluding hydrogens is 152 g/mol. The van der Waals surface area contributed by atoms with Gasteiger partial charge in [-0.05, 0) is 18.8 Å². The van der Waals surface area contributed by atoms with E-state index >= 15 is 0 Å². The van der Waals surface area contributed by atoms with Crippen LogP contribution < -0.4 is 6.15 Å². The maximum absolute atomic E-state index is 9.93. The Balaban J connectivity index is 0. The van der Waals surface area contributed by atoms with Gasteiger partial charge in [-0.3, -0.25) is 4.79 Å². The fourth-order valence-electron chi connectivity index (χ4n) is 0.847. The van der Waals surface area contributed by atoms with Gasteiger partial charge < -0.3 is 11.1 Å². The Morgan fingerprint density at radius 3 is 1.67 bits per heavy atom. The van der Waals surface area contributed by atoms with Crippen molar-refractivity contribution in [3.8, 4) is 0 Å². The first-order valence-corrected chi connectivity index (χ1v) is 4.36. The standard InChI is InChI=1S/C5H9NO.C4H10.H3N/c7-5-6-3-1-2-4-6;1-4(2)3;/h5H,1-4H2;4H,1-3H3;1H3. The van der Waals surface area contributed by atoms with Crippen molar-refractivity contribution >= 4 is 6.41 Å². The molecule has 1 fully saturated rings. The van der Waals surface area contributed by atoms with Crippen LogP contribution in [0.4, 0.5) is 0 Å². The molecule has 3 nitrogen and oxygen atoms in total. The molecule has 1 amide bonds. The predicted molar refractivity (Wildman–Crippen MR) is 52.4 cm³/mol. The summed E-state index contributed by atoms with van der Waals surface area (Å²) < 4.78 is 0. The minimum absolute atomic E-state index is 0. The smallest absolute Gasteiger partial charge is 0.209 e. The Morgan fingerprint density at radius 2 is 1.50 bits per heavy atom. The molecule has 3 heteroatoms. The first kappa shape index (κ1) is 14.0. The van der Waals surface area contributed by atoms with Crippen LogP contribution in [0.3, 0.4) is 0 Å². The zero-order chi connectivity index (χ0) is 8.69. The van der Waals surface area contributed by atoms with Crippen LogP contribution in [0, 0.1) is 5.92 Å². The van der Waals surface area contributed by atoms with E-state index in [4.69, 9.17) is 0 Å². The second kappa shape index (κ2) is 8.53. The van der Waals surface area contributed by atoms with Gasteiger partial charge in [-0.15, -0.1) is 0 Å². The van der Waals surface area contributed by atoms with Crippen molar-refractivity contribution in [3.63, 3.8) is 0 Å². The molecule has 1 aliphatic heterocycles. The van der Waals surface area contributed by atoms with Gasteiger partial charge in [0, 0.05) is 13.1 Å². The van der Waals surface area contributed by atoms with E-state index in [-0.39, 0.29) is 6.15 Å². The highest BCUT2D eigenvalue weighted by molar-refractivity contribution is 5.47.